The van der Waals surface area contributed by atoms with E-state index in [9.17, 15) is 9.59 Å². The Morgan fingerprint density at radius 2 is 1.55 bits per heavy atom. The summed E-state index contributed by atoms with van der Waals surface area (Å²) >= 11 is 1.32. The molecule has 0 aromatic heterocycles. The number of rotatable bonds is 10. The van der Waals surface area contributed by atoms with Crippen LogP contribution in [0.25, 0.3) is 0 Å². The summed E-state index contributed by atoms with van der Waals surface area (Å²) < 4.78 is 10.7. The molecule has 0 saturated carbocycles. The summed E-state index contributed by atoms with van der Waals surface area (Å²) in [5.74, 6) is 1.31. The molecule has 0 heterocycles. The molecule has 0 fully saturated rings. The molecule has 0 saturated heterocycles. The Labute approximate surface area is 186 Å². The first-order valence-corrected chi connectivity index (χ1v) is 10.8. The third-order valence-corrected chi connectivity index (χ3v) is 5.28. The second kappa shape index (κ2) is 11.8. The number of anilines is 1. The van der Waals surface area contributed by atoms with Crippen molar-refractivity contribution < 1.29 is 19.1 Å². The lowest BCUT2D eigenvalue weighted by molar-refractivity contribution is -0.118. The lowest BCUT2D eigenvalue weighted by atomic mass is 10.2. The topological polar surface area (TPSA) is 76.7 Å². The van der Waals surface area contributed by atoms with Crippen LogP contribution in [0.3, 0.4) is 0 Å². The number of hydrogen-bond acceptors (Lipinski definition) is 5. The molecule has 7 heteroatoms. The van der Waals surface area contributed by atoms with Gasteiger partial charge >= 0.3 is 0 Å². The Balaban J connectivity index is 1.58. The molecule has 0 aliphatic carbocycles. The first-order chi connectivity index (χ1) is 15.2. The van der Waals surface area contributed by atoms with Gasteiger partial charge in [0.25, 0.3) is 5.91 Å². The van der Waals surface area contributed by atoms with Crippen molar-refractivity contribution >= 4 is 29.3 Å². The van der Waals surface area contributed by atoms with E-state index in [2.05, 4.69) is 10.6 Å². The van der Waals surface area contributed by atoms with Crippen molar-refractivity contribution in [1.82, 2.24) is 5.32 Å². The zero-order chi connectivity index (χ0) is 21.9. The molecule has 0 bridgehead atoms. The van der Waals surface area contributed by atoms with Gasteiger partial charge < -0.3 is 20.1 Å². The fourth-order valence-corrected chi connectivity index (χ4v) is 3.58. The number of amides is 2. The summed E-state index contributed by atoms with van der Waals surface area (Å²) in [6.07, 6.45) is 0. The molecular weight excluding hydrogens is 412 g/mol. The molecular formula is C24H24N2O4S. The molecule has 2 amide bonds. The quantitative estimate of drug-likeness (QED) is 0.359. The van der Waals surface area contributed by atoms with Crippen LogP contribution in [0.1, 0.15) is 10.4 Å². The average Bonchev–Trinajstić information content (AvgIpc) is 2.80. The molecule has 31 heavy (non-hydrogen) atoms. The summed E-state index contributed by atoms with van der Waals surface area (Å²) in [5.41, 5.74) is 1.17. The molecule has 0 aliphatic rings. The third-order valence-electron chi connectivity index (χ3n) is 4.21. The minimum atomic E-state index is -0.236. The van der Waals surface area contributed by atoms with Crippen LogP contribution in [0.5, 0.6) is 11.5 Å². The van der Waals surface area contributed by atoms with Crippen molar-refractivity contribution in [3.63, 3.8) is 0 Å². The second-order valence-corrected chi connectivity index (χ2v) is 7.54. The summed E-state index contributed by atoms with van der Waals surface area (Å²) in [4.78, 5) is 25.5. The largest absolute Gasteiger partial charge is 0.457 e. The fraction of sp³-hybridized carbons (Fsp3) is 0.167. The number of hydrogen-bond donors (Lipinski definition) is 2. The van der Waals surface area contributed by atoms with E-state index in [-0.39, 0.29) is 17.6 Å². The predicted molar refractivity (Wildman–Crippen MR) is 123 cm³/mol. The van der Waals surface area contributed by atoms with E-state index in [4.69, 9.17) is 9.47 Å². The maximum atomic E-state index is 12.8. The molecule has 0 unspecified atom stereocenters. The van der Waals surface area contributed by atoms with E-state index in [0.717, 1.165) is 10.6 Å². The van der Waals surface area contributed by atoms with Gasteiger partial charge in [0.15, 0.2) is 0 Å². The maximum absolute atomic E-state index is 12.8. The van der Waals surface area contributed by atoms with Crippen LogP contribution in [0.2, 0.25) is 0 Å². The van der Waals surface area contributed by atoms with E-state index in [0.29, 0.717) is 30.2 Å². The van der Waals surface area contributed by atoms with Crippen LogP contribution in [0.4, 0.5) is 5.69 Å². The molecule has 3 aromatic rings. The lowest BCUT2D eigenvalue weighted by Gasteiger charge is -2.11. The van der Waals surface area contributed by atoms with E-state index < -0.39 is 0 Å². The first-order valence-electron chi connectivity index (χ1n) is 9.77. The van der Waals surface area contributed by atoms with Gasteiger partial charge in [-0.1, -0.05) is 30.3 Å². The number of methoxy groups -OCH3 is 1. The first kappa shape index (κ1) is 22.4. The van der Waals surface area contributed by atoms with Crippen LogP contribution in [0, 0.1) is 0 Å². The molecule has 2 N–H and O–H groups in total. The summed E-state index contributed by atoms with van der Waals surface area (Å²) in [6.45, 7) is 0.923. The Morgan fingerprint density at radius 1 is 0.871 bits per heavy atom. The Bertz CT molecular complexity index is 994. The number of nitrogens with one attached hydrogen (secondary N) is 2. The van der Waals surface area contributed by atoms with Crippen LogP contribution >= 0.6 is 11.8 Å². The molecule has 0 radical (unpaired) electrons. The zero-order valence-electron chi connectivity index (χ0n) is 17.2. The molecule has 3 aromatic carbocycles. The third kappa shape index (κ3) is 7.16. The SMILES string of the molecule is COCCNC(=O)CSc1ccccc1C(=O)Nc1ccc(Oc2ccccc2)cc1. The van der Waals surface area contributed by atoms with Crippen molar-refractivity contribution in [1.29, 1.82) is 0 Å². The van der Waals surface area contributed by atoms with E-state index in [1.807, 2.05) is 42.5 Å². The van der Waals surface area contributed by atoms with Crippen molar-refractivity contribution in [3.05, 3.63) is 84.4 Å². The molecule has 6 nitrogen and oxygen atoms in total. The normalized spacial score (nSPS) is 10.4. The van der Waals surface area contributed by atoms with Crippen LogP contribution < -0.4 is 15.4 Å². The number of carbonyl (C=O) groups excluding carboxylic acids is 2. The highest BCUT2D eigenvalue weighted by molar-refractivity contribution is 8.00. The highest BCUT2D eigenvalue weighted by Crippen LogP contribution is 2.25. The number of thioether (sulfide) groups is 1. The van der Waals surface area contributed by atoms with E-state index in [1.165, 1.54) is 11.8 Å². The van der Waals surface area contributed by atoms with Crippen LogP contribution in [-0.2, 0) is 9.53 Å². The van der Waals surface area contributed by atoms with Gasteiger partial charge in [-0.15, -0.1) is 11.8 Å². The Hall–Kier alpha value is -3.29. The van der Waals surface area contributed by atoms with Crippen molar-refractivity contribution in [2.75, 3.05) is 31.3 Å². The highest BCUT2D eigenvalue weighted by Gasteiger charge is 2.13. The second-order valence-electron chi connectivity index (χ2n) is 6.52. The smallest absolute Gasteiger partial charge is 0.256 e. The zero-order valence-corrected chi connectivity index (χ0v) is 18.0. The molecule has 160 valence electrons. The van der Waals surface area contributed by atoms with Gasteiger partial charge in [-0.25, -0.2) is 0 Å². The van der Waals surface area contributed by atoms with Crippen LogP contribution in [-0.4, -0.2) is 37.8 Å². The fourth-order valence-electron chi connectivity index (χ4n) is 2.70. The standard InChI is InChI=1S/C24H24N2O4S/c1-29-16-15-25-23(27)17-31-22-10-6-5-9-21(22)24(28)26-18-11-13-20(14-12-18)30-19-7-3-2-4-8-19/h2-14H,15-17H2,1H3,(H,25,27)(H,26,28). The lowest BCUT2D eigenvalue weighted by Crippen LogP contribution is -2.28. The summed E-state index contributed by atoms with van der Waals surface area (Å²) in [7, 11) is 1.58. The van der Waals surface area contributed by atoms with Gasteiger partial charge in [-0.3, -0.25) is 9.59 Å². The predicted octanol–water partition coefficient (Wildman–Crippen LogP) is 4.59. The maximum Gasteiger partial charge on any atom is 0.256 e. The van der Waals surface area contributed by atoms with Crippen LogP contribution in [0.15, 0.2) is 83.8 Å². The number of carbonyl (C=O) groups is 2. The summed E-state index contributed by atoms with van der Waals surface area (Å²) in [5, 5.41) is 5.66. The number of benzene rings is 3. The van der Waals surface area contributed by atoms with Gasteiger partial charge in [0.1, 0.15) is 11.5 Å². The van der Waals surface area contributed by atoms with E-state index >= 15 is 0 Å². The molecule has 0 atom stereocenters. The van der Waals surface area contributed by atoms with Gasteiger partial charge in [0.05, 0.1) is 17.9 Å². The summed E-state index contributed by atoms with van der Waals surface area (Å²) in [6, 6.07) is 23.9. The minimum Gasteiger partial charge on any atom is -0.457 e. The van der Waals surface area contributed by atoms with Crippen molar-refractivity contribution in [3.8, 4) is 11.5 Å². The van der Waals surface area contributed by atoms with Gasteiger partial charge in [0.2, 0.25) is 5.91 Å². The Kier molecular flexibility index (Phi) is 8.51. The van der Waals surface area contributed by atoms with Gasteiger partial charge in [-0.2, -0.15) is 0 Å². The molecule has 3 rings (SSSR count). The number of ether oxygens (including phenoxy) is 2. The van der Waals surface area contributed by atoms with Crippen molar-refractivity contribution in [2.24, 2.45) is 0 Å². The monoisotopic (exact) mass is 436 g/mol. The highest BCUT2D eigenvalue weighted by atomic mass is 32.2. The number of para-hydroxylation sites is 1. The molecule has 0 spiro atoms. The Morgan fingerprint density at radius 3 is 2.29 bits per heavy atom. The van der Waals surface area contributed by atoms with Gasteiger partial charge in [-0.05, 0) is 48.5 Å². The molecule has 0 aliphatic heterocycles. The van der Waals surface area contributed by atoms with Gasteiger partial charge in [0, 0.05) is 24.2 Å². The minimum absolute atomic E-state index is 0.105. The average molecular weight is 437 g/mol. The van der Waals surface area contributed by atoms with Crippen molar-refractivity contribution in [2.45, 2.75) is 4.90 Å². The van der Waals surface area contributed by atoms with E-state index in [1.54, 1.807) is 43.5 Å².